The van der Waals surface area contributed by atoms with E-state index in [0.29, 0.717) is 0 Å². The molecule has 0 fully saturated rings. The Bertz CT molecular complexity index is 1010. The number of alkyl halides is 3. The summed E-state index contributed by atoms with van der Waals surface area (Å²) in [5.74, 6) is -1.57. The molecule has 0 saturated heterocycles. The van der Waals surface area contributed by atoms with E-state index >= 15 is 0 Å². The van der Waals surface area contributed by atoms with Gasteiger partial charge in [-0.3, -0.25) is 0 Å². The van der Waals surface area contributed by atoms with Crippen LogP contribution >= 0.6 is 11.6 Å². The molecular weight excluding hydrogens is 447 g/mol. The van der Waals surface area contributed by atoms with Gasteiger partial charge in [0.05, 0.1) is 12.4 Å². The molecule has 1 aromatic heterocycles. The van der Waals surface area contributed by atoms with E-state index in [4.69, 9.17) is 26.8 Å². The highest BCUT2D eigenvalue weighted by molar-refractivity contribution is 6.29. The lowest BCUT2D eigenvalue weighted by molar-refractivity contribution is -0.197. The molecule has 0 aliphatic carbocycles. The van der Waals surface area contributed by atoms with Crippen molar-refractivity contribution in [2.45, 2.75) is 24.7 Å². The number of benzene rings is 1. The average Bonchev–Trinajstić information content (AvgIpc) is 2.68. The Morgan fingerprint density at radius 1 is 1.35 bits per heavy atom. The number of amidine groups is 1. The van der Waals surface area contributed by atoms with Crippen LogP contribution in [0, 0.1) is 5.82 Å². The van der Waals surface area contributed by atoms with Gasteiger partial charge >= 0.3 is 6.18 Å². The van der Waals surface area contributed by atoms with Crippen LogP contribution in [0.1, 0.15) is 23.7 Å². The minimum absolute atomic E-state index is 0.0772. The van der Waals surface area contributed by atoms with Crippen molar-refractivity contribution in [2.24, 2.45) is 10.7 Å². The first-order valence-electron chi connectivity index (χ1n) is 8.79. The lowest BCUT2D eigenvalue weighted by Gasteiger charge is -2.38. The van der Waals surface area contributed by atoms with Gasteiger partial charge in [-0.25, -0.2) is 23.7 Å². The molecule has 1 aliphatic heterocycles. The van der Waals surface area contributed by atoms with E-state index in [0.717, 1.165) is 24.5 Å². The average molecular weight is 463 g/mol. The monoisotopic (exact) mass is 462 g/mol. The summed E-state index contributed by atoms with van der Waals surface area (Å²) in [6.45, 7) is -0.608. The number of halogens is 6. The molecule has 0 spiro atoms. The molecule has 1 aliphatic rings. The van der Waals surface area contributed by atoms with Crippen LogP contribution in [0.3, 0.4) is 0 Å². The van der Waals surface area contributed by atoms with Crippen LogP contribution in [0.4, 0.5) is 22.0 Å². The third kappa shape index (κ3) is 5.47. The Morgan fingerprint density at radius 3 is 2.74 bits per heavy atom. The van der Waals surface area contributed by atoms with Gasteiger partial charge in [-0.15, -0.1) is 0 Å². The lowest BCUT2D eigenvalue weighted by Crippen LogP contribution is -2.48. The fourth-order valence-corrected chi connectivity index (χ4v) is 3.07. The predicted octanol–water partition coefficient (Wildman–Crippen LogP) is 4.24. The predicted molar refractivity (Wildman–Crippen MR) is 103 cm³/mol. The molecule has 2 atom stereocenters. The van der Waals surface area contributed by atoms with Gasteiger partial charge in [0.15, 0.2) is 5.83 Å². The summed E-state index contributed by atoms with van der Waals surface area (Å²) < 4.78 is 77.1. The number of hydrogen-bond donors (Lipinski definition) is 1. The van der Waals surface area contributed by atoms with E-state index < -0.39 is 36.1 Å². The molecule has 0 saturated carbocycles. The van der Waals surface area contributed by atoms with Crippen molar-refractivity contribution in [3.8, 4) is 0 Å². The van der Waals surface area contributed by atoms with Crippen LogP contribution in [0.15, 0.2) is 35.6 Å². The van der Waals surface area contributed by atoms with Crippen LogP contribution in [0.2, 0.25) is 5.15 Å². The van der Waals surface area contributed by atoms with Gasteiger partial charge in [-0.2, -0.15) is 13.2 Å². The minimum Gasteiger partial charge on any atom is -0.463 e. The summed E-state index contributed by atoms with van der Waals surface area (Å²) in [6.07, 6.45) is -2.59. The maximum absolute atomic E-state index is 14.7. The highest BCUT2D eigenvalue weighted by atomic mass is 35.5. The first kappa shape index (κ1) is 22.9. The van der Waals surface area contributed by atoms with Crippen molar-refractivity contribution in [3.05, 3.63) is 58.4 Å². The van der Waals surface area contributed by atoms with E-state index in [-0.39, 0.29) is 34.6 Å². The van der Waals surface area contributed by atoms with E-state index in [1.807, 2.05) is 0 Å². The van der Waals surface area contributed by atoms with Crippen molar-refractivity contribution in [1.29, 1.82) is 0 Å². The molecule has 2 heterocycles. The molecule has 3 rings (SSSR count). The Kier molecular flexibility index (Phi) is 6.46. The van der Waals surface area contributed by atoms with E-state index in [9.17, 15) is 22.0 Å². The zero-order valence-corrected chi connectivity index (χ0v) is 16.7. The zero-order valence-electron chi connectivity index (χ0n) is 16.0. The molecule has 0 radical (unpaired) electrons. The van der Waals surface area contributed by atoms with Gasteiger partial charge in [0, 0.05) is 5.56 Å². The van der Waals surface area contributed by atoms with Crippen LogP contribution in [0.5, 0.6) is 0 Å². The van der Waals surface area contributed by atoms with Crippen molar-refractivity contribution < 1.29 is 31.4 Å². The van der Waals surface area contributed by atoms with Crippen LogP contribution in [0.25, 0.3) is 11.9 Å². The third-order valence-corrected chi connectivity index (χ3v) is 4.69. The normalized spacial score (nSPS) is 22.1. The van der Waals surface area contributed by atoms with Gasteiger partial charge < -0.3 is 15.2 Å². The lowest BCUT2D eigenvalue weighted by atomic mass is 9.85. The van der Waals surface area contributed by atoms with Crippen LogP contribution < -0.4 is 5.73 Å². The topological polar surface area (TPSA) is 82.6 Å². The smallest absolute Gasteiger partial charge is 0.411 e. The molecule has 1 aromatic carbocycles. The number of hydrogen-bond acceptors (Lipinski definition) is 6. The van der Waals surface area contributed by atoms with Gasteiger partial charge in [-0.05, 0) is 30.7 Å². The number of ether oxygens (including phenoxy) is 2. The Labute approximate surface area is 178 Å². The molecule has 12 heteroatoms. The number of nitrogens with two attached hydrogens (primary N) is 1. The standard InChI is InChI=1S/C19H16ClF5N4O2/c1-18(15(8-30-17(26)29-18)31-9-19(23,24)25)11-4-10(2-3-12(11)21)5-13(22)14-6-28-16(20)7-27-14/h2-7,15H,8-9H2,1H3,(H2,26,29)/b13-5-. The number of aromatic nitrogens is 2. The molecular formula is C19H16ClF5N4O2. The first-order valence-corrected chi connectivity index (χ1v) is 9.17. The van der Waals surface area contributed by atoms with Gasteiger partial charge in [0.25, 0.3) is 6.02 Å². The van der Waals surface area contributed by atoms with E-state index in [1.54, 1.807) is 0 Å². The molecule has 2 unspecified atom stereocenters. The molecule has 2 aromatic rings. The quantitative estimate of drug-likeness (QED) is 0.672. The van der Waals surface area contributed by atoms with Crippen molar-refractivity contribution in [2.75, 3.05) is 13.2 Å². The van der Waals surface area contributed by atoms with E-state index in [2.05, 4.69) is 15.0 Å². The Hall–Kier alpha value is -2.79. The molecule has 0 amide bonds. The second-order valence-corrected chi connectivity index (χ2v) is 7.17. The largest absolute Gasteiger partial charge is 0.463 e. The van der Waals surface area contributed by atoms with Crippen molar-refractivity contribution in [3.63, 3.8) is 0 Å². The second-order valence-electron chi connectivity index (χ2n) is 6.78. The number of aliphatic imine (C=N–C) groups is 1. The molecule has 166 valence electrons. The number of nitrogens with zero attached hydrogens (tertiary/aromatic N) is 3. The summed E-state index contributed by atoms with van der Waals surface area (Å²) in [5.41, 5.74) is 3.87. The summed E-state index contributed by atoms with van der Waals surface area (Å²) >= 11 is 5.62. The number of rotatable bonds is 5. The molecule has 0 bridgehead atoms. The Balaban J connectivity index is 1.98. The fraction of sp³-hybridized carbons (Fsp3) is 0.316. The molecule has 31 heavy (non-hydrogen) atoms. The molecule has 2 N–H and O–H groups in total. The summed E-state index contributed by atoms with van der Waals surface area (Å²) in [6, 6.07) is 3.22. The summed E-state index contributed by atoms with van der Waals surface area (Å²) in [5, 5.41) is 0.0772. The SMILES string of the molecule is CC1(c2cc(/C=C(\F)c3cnc(Cl)cn3)ccc2F)N=C(N)OCC1OCC(F)(F)F. The van der Waals surface area contributed by atoms with E-state index in [1.165, 1.54) is 19.1 Å². The summed E-state index contributed by atoms with van der Waals surface area (Å²) in [7, 11) is 0. The van der Waals surface area contributed by atoms with Gasteiger partial charge in [0.1, 0.15) is 41.5 Å². The van der Waals surface area contributed by atoms with Crippen LogP contribution in [-0.4, -0.2) is 41.5 Å². The fourth-order valence-electron chi connectivity index (χ4n) is 2.97. The second kappa shape index (κ2) is 8.75. The minimum atomic E-state index is -4.61. The van der Waals surface area contributed by atoms with Crippen molar-refractivity contribution in [1.82, 2.24) is 9.97 Å². The van der Waals surface area contributed by atoms with Crippen LogP contribution in [-0.2, 0) is 15.0 Å². The third-order valence-electron chi connectivity index (χ3n) is 4.49. The summed E-state index contributed by atoms with van der Waals surface area (Å²) in [4.78, 5) is 11.5. The van der Waals surface area contributed by atoms with Crippen molar-refractivity contribution >= 4 is 29.5 Å². The maximum atomic E-state index is 14.7. The van der Waals surface area contributed by atoms with Gasteiger partial charge in [-0.1, -0.05) is 17.7 Å². The molecule has 6 nitrogen and oxygen atoms in total. The Morgan fingerprint density at radius 2 is 2.10 bits per heavy atom. The maximum Gasteiger partial charge on any atom is 0.411 e. The zero-order chi connectivity index (χ0) is 22.8. The highest BCUT2D eigenvalue weighted by Gasteiger charge is 2.44. The van der Waals surface area contributed by atoms with Gasteiger partial charge in [0.2, 0.25) is 0 Å². The highest BCUT2D eigenvalue weighted by Crippen LogP contribution is 2.37. The first-order chi connectivity index (χ1) is 14.5.